The van der Waals surface area contributed by atoms with Crippen LogP contribution in [0, 0.1) is 0 Å². The van der Waals surface area contributed by atoms with Crippen molar-refractivity contribution in [2.24, 2.45) is 0 Å². The maximum Gasteiger partial charge on any atom is 0.405 e. The second-order valence-corrected chi connectivity index (χ2v) is 14.2. The zero-order valence-electron chi connectivity index (χ0n) is 28.5. The molecule has 3 aromatic rings. The second kappa shape index (κ2) is 15.6. The molecular formula is C40H46ClF3N4O2. The highest BCUT2D eigenvalue weighted by Gasteiger charge is 2.49. The van der Waals surface area contributed by atoms with Gasteiger partial charge in [0, 0.05) is 44.5 Å². The molecule has 2 fully saturated rings. The summed E-state index contributed by atoms with van der Waals surface area (Å²) in [4.78, 5) is 33.9. The number of nitrogens with zero attached hydrogens (tertiary/aromatic N) is 3. The van der Waals surface area contributed by atoms with Crippen molar-refractivity contribution in [3.8, 4) is 11.1 Å². The van der Waals surface area contributed by atoms with Crippen molar-refractivity contribution in [1.82, 2.24) is 15.1 Å². The molecule has 3 aliphatic rings. The van der Waals surface area contributed by atoms with Crippen LogP contribution in [0.25, 0.3) is 11.1 Å². The number of carbonyl (C=O) groups excluding carboxylic acids is 2. The van der Waals surface area contributed by atoms with Crippen molar-refractivity contribution in [3.05, 3.63) is 101 Å². The number of anilines is 1. The molecule has 1 saturated carbocycles. The van der Waals surface area contributed by atoms with Gasteiger partial charge >= 0.3 is 6.18 Å². The lowest BCUT2D eigenvalue weighted by atomic mass is 9.73. The van der Waals surface area contributed by atoms with E-state index in [-0.39, 0.29) is 11.9 Å². The Bertz CT molecular complexity index is 1640. The Morgan fingerprint density at radius 1 is 0.920 bits per heavy atom. The first-order valence-electron chi connectivity index (χ1n) is 17.9. The van der Waals surface area contributed by atoms with Crippen LogP contribution in [-0.2, 0) is 10.2 Å². The monoisotopic (exact) mass is 706 g/mol. The highest BCUT2D eigenvalue weighted by Crippen LogP contribution is 2.51. The third-order valence-electron chi connectivity index (χ3n) is 10.7. The molecule has 50 heavy (non-hydrogen) atoms. The van der Waals surface area contributed by atoms with Crippen LogP contribution < -0.4 is 10.2 Å². The number of hydrogen-bond donors (Lipinski definition) is 1. The Hall–Kier alpha value is -3.82. The van der Waals surface area contributed by atoms with Crippen LogP contribution >= 0.6 is 11.6 Å². The molecule has 0 radical (unpaired) electrons. The molecular weight excluding hydrogens is 661 g/mol. The molecule has 6 rings (SSSR count). The van der Waals surface area contributed by atoms with Crippen LogP contribution in [-0.4, -0.2) is 79.6 Å². The van der Waals surface area contributed by atoms with Gasteiger partial charge in [0.25, 0.3) is 5.91 Å². The number of piperazine rings is 1. The number of unbranched alkanes of at least 4 members (excludes halogenated alkanes) is 1. The molecule has 1 N–H and O–H groups in total. The van der Waals surface area contributed by atoms with Gasteiger partial charge in [0.05, 0.1) is 10.6 Å². The van der Waals surface area contributed by atoms with Gasteiger partial charge in [0.1, 0.15) is 12.0 Å². The van der Waals surface area contributed by atoms with E-state index >= 15 is 0 Å². The SMILES string of the molecule is C=CCN(C(=O)c1ccc(N2CCN(CCCCC3(C(=O)NCC(F)(F)F)c4ccccc4-c4ccccc43)CC2)cc1Cl)C1CCCCC1. The minimum absolute atomic E-state index is 0.0395. The fourth-order valence-corrected chi connectivity index (χ4v) is 8.45. The number of nitrogens with one attached hydrogen (secondary N) is 1. The van der Waals surface area contributed by atoms with E-state index < -0.39 is 24.0 Å². The molecule has 2 aliphatic carbocycles. The van der Waals surface area contributed by atoms with Crippen LogP contribution in [0.5, 0.6) is 0 Å². The maximum atomic E-state index is 13.8. The summed E-state index contributed by atoms with van der Waals surface area (Å²) in [7, 11) is 0. The average Bonchev–Trinajstić information content (AvgIpc) is 3.42. The smallest absolute Gasteiger partial charge is 0.369 e. The Labute approximate surface area is 298 Å². The molecule has 1 aliphatic heterocycles. The van der Waals surface area contributed by atoms with Crippen LogP contribution in [0.2, 0.25) is 5.02 Å². The van der Waals surface area contributed by atoms with Crippen LogP contribution in [0.1, 0.15) is 72.9 Å². The number of rotatable bonds is 12. The topological polar surface area (TPSA) is 55.9 Å². The highest BCUT2D eigenvalue weighted by molar-refractivity contribution is 6.34. The molecule has 10 heteroatoms. The van der Waals surface area contributed by atoms with Gasteiger partial charge in [-0.25, -0.2) is 0 Å². The molecule has 0 spiro atoms. The standard InChI is InChI=1S/C40H46ClF3N4O2/c1-2-21-48(29-12-4-3-5-13-29)37(49)33-19-18-30(27-36(33)41)47-25-23-46(24-26-47)22-11-10-20-39(38(50)45-28-40(42,43)44)34-16-8-6-14-31(34)32-15-7-9-17-35(32)39/h2,6-9,14-19,27,29H,1,3-5,10-13,20-26,28H2,(H,45,50). The van der Waals surface area contributed by atoms with E-state index in [2.05, 4.69) is 21.7 Å². The van der Waals surface area contributed by atoms with E-state index in [1.807, 2.05) is 71.6 Å². The Balaban J connectivity index is 1.06. The lowest BCUT2D eigenvalue weighted by Gasteiger charge is -2.37. The third-order valence-corrected chi connectivity index (χ3v) is 11.0. The first kappa shape index (κ1) is 36.0. The van der Waals surface area contributed by atoms with Crippen molar-refractivity contribution >= 4 is 29.1 Å². The van der Waals surface area contributed by atoms with Gasteiger partial charge in [0.2, 0.25) is 5.91 Å². The quantitative estimate of drug-likeness (QED) is 0.152. The van der Waals surface area contributed by atoms with E-state index in [1.54, 1.807) is 6.08 Å². The molecule has 0 aromatic heterocycles. The number of alkyl halides is 3. The average molecular weight is 707 g/mol. The summed E-state index contributed by atoms with van der Waals surface area (Å²) < 4.78 is 39.6. The molecule has 3 aromatic carbocycles. The molecule has 6 nitrogen and oxygen atoms in total. The number of hydrogen-bond acceptors (Lipinski definition) is 4. The number of amides is 2. The van der Waals surface area contributed by atoms with Crippen molar-refractivity contribution < 1.29 is 22.8 Å². The third kappa shape index (κ3) is 7.59. The van der Waals surface area contributed by atoms with E-state index in [0.29, 0.717) is 30.0 Å². The summed E-state index contributed by atoms with van der Waals surface area (Å²) >= 11 is 6.74. The van der Waals surface area contributed by atoms with Gasteiger partial charge in [-0.1, -0.05) is 91.9 Å². The molecule has 0 unspecified atom stereocenters. The Kier molecular flexibility index (Phi) is 11.2. The number of benzene rings is 3. The summed E-state index contributed by atoms with van der Waals surface area (Å²) in [5.41, 5.74) is 3.67. The maximum absolute atomic E-state index is 13.8. The summed E-state index contributed by atoms with van der Waals surface area (Å²) in [5.74, 6) is -0.642. The fourth-order valence-electron chi connectivity index (χ4n) is 8.20. The Morgan fingerprint density at radius 2 is 1.56 bits per heavy atom. The molecule has 2 amide bonds. The van der Waals surface area contributed by atoms with E-state index in [9.17, 15) is 22.8 Å². The van der Waals surface area contributed by atoms with Crippen LogP contribution in [0.4, 0.5) is 18.9 Å². The van der Waals surface area contributed by atoms with Crippen molar-refractivity contribution in [3.63, 3.8) is 0 Å². The minimum atomic E-state index is -4.50. The fraction of sp³-hybridized carbons (Fsp3) is 0.450. The summed E-state index contributed by atoms with van der Waals surface area (Å²) in [5, 5.41) is 2.68. The minimum Gasteiger partial charge on any atom is -0.369 e. The van der Waals surface area contributed by atoms with Gasteiger partial charge in [-0.05, 0) is 72.7 Å². The number of fused-ring (bicyclic) bond motifs is 3. The molecule has 1 heterocycles. The van der Waals surface area contributed by atoms with Crippen LogP contribution in [0.15, 0.2) is 79.4 Å². The van der Waals surface area contributed by atoms with Gasteiger partial charge in [-0.2, -0.15) is 13.2 Å². The zero-order valence-corrected chi connectivity index (χ0v) is 29.2. The Morgan fingerprint density at radius 3 is 2.16 bits per heavy atom. The highest BCUT2D eigenvalue weighted by atomic mass is 35.5. The first-order valence-corrected chi connectivity index (χ1v) is 18.2. The van der Waals surface area contributed by atoms with Gasteiger partial charge in [-0.3, -0.25) is 14.5 Å². The molecule has 1 saturated heterocycles. The van der Waals surface area contributed by atoms with Crippen molar-refractivity contribution in [1.29, 1.82) is 0 Å². The first-order chi connectivity index (χ1) is 24.1. The van der Waals surface area contributed by atoms with Gasteiger partial charge in [0.15, 0.2) is 0 Å². The zero-order chi connectivity index (χ0) is 35.3. The van der Waals surface area contributed by atoms with Crippen molar-refractivity contribution in [2.75, 3.05) is 50.7 Å². The van der Waals surface area contributed by atoms with Crippen molar-refractivity contribution in [2.45, 2.75) is 69.0 Å². The van der Waals surface area contributed by atoms with E-state index in [0.717, 1.165) is 92.8 Å². The second-order valence-electron chi connectivity index (χ2n) is 13.8. The predicted molar refractivity (Wildman–Crippen MR) is 194 cm³/mol. The normalized spacial score (nSPS) is 17.6. The summed E-state index contributed by atoms with van der Waals surface area (Å²) in [6.45, 7) is 7.14. The predicted octanol–water partition coefficient (Wildman–Crippen LogP) is 8.24. The number of halogens is 4. The molecule has 0 bridgehead atoms. The summed E-state index contributed by atoms with van der Waals surface area (Å²) in [6.07, 6.45) is 4.70. The molecule has 0 atom stereocenters. The van der Waals surface area contributed by atoms with Crippen LogP contribution in [0.3, 0.4) is 0 Å². The van der Waals surface area contributed by atoms with E-state index in [1.165, 1.54) is 6.42 Å². The van der Waals surface area contributed by atoms with Gasteiger partial charge in [-0.15, -0.1) is 6.58 Å². The molecule has 266 valence electrons. The largest absolute Gasteiger partial charge is 0.405 e. The number of carbonyl (C=O) groups is 2. The van der Waals surface area contributed by atoms with Gasteiger partial charge < -0.3 is 15.1 Å². The lowest BCUT2D eigenvalue weighted by Crippen LogP contribution is -2.47. The summed E-state index contributed by atoms with van der Waals surface area (Å²) in [6, 6.07) is 21.1. The van der Waals surface area contributed by atoms with E-state index in [4.69, 9.17) is 11.6 Å². The lowest BCUT2D eigenvalue weighted by molar-refractivity contribution is -0.141.